The molecule has 0 saturated heterocycles. The fourth-order valence-corrected chi connectivity index (χ4v) is 4.28. The van der Waals surface area contributed by atoms with Crippen LogP contribution in [0, 0.1) is 0 Å². The highest BCUT2D eigenvalue weighted by Crippen LogP contribution is 2.42. The number of methoxy groups -OCH3 is 1. The molecule has 0 radical (unpaired) electrons. The van der Waals surface area contributed by atoms with Crippen LogP contribution >= 0.6 is 23.4 Å². The molecule has 0 spiro atoms. The number of allylic oxidation sites excluding steroid dienone is 1. The second-order valence-electron chi connectivity index (χ2n) is 6.32. The van der Waals surface area contributed by atoms with Crippen LogP contribution in [-0.4, -0.2) is 46.6 Å². The number of carboxylic acid groups (broad SMARTS) is 1. The number of aliphatic carboxylic acids is 1. The first-order valence-electron chi connectivity index (χ1n) is 8.90. The number of rotatable bonds is 7. The maximum atomic E-state index is 13.9. The summed E-state index contributed by atoms with van der Waals surface area (Å²) < 4.78 is 18.7. The van der Waals surface area contributed by atoms with Crippen LogP contribution in [0.2, 0.25) is 5.02 Å². The summed E-state index contributed by atoms with van der Waals surface area (Å²) in [7, 11) is 1.13. The van der Waals surface area contributed by atoms with E-state index in [1.807, 2.05) is 0 Å². The van der Waals surface area contributed by atoms with Gasteiger partial charge in [-0.15, -0.1) is 0 Å². The lowest BCUT2D eigenvalue weighted by atomic mass is 9.80. The van der Waals surface area contributed by atoms with Crippen LogP contribution in [0.4, 0.5) is 4.39 Å². The van der Waals surface area contributed by atoms with Gasteiger partial charge in [0.05, 0.1) is 29.9 Å². The number of ether oxygens (including phenoxy) is 1. The molecule has 0 aliphatic carbocycles. The zero-order valence-corrected chi connectivity index (χ0v) is 17.7. The Morgan fingerprint density at radius 3 is 2.61 bits per heavy atom. The van der Waals surface area contributed by atoms with Gasteiger partial charge < -0.3 is 20.1 Å². The van der Waals surface area contributed by atoms with Gasteiger partial charge in [-0.3, -0.25) is 4.79 Å². The predicted molar refractivity (Wildman–Crippen MR) is 113 cm³/mol. The van der Waals surface area contributed by atoms with Gasteiger partial charge in [-0.25, -0.2) is 19.0 Å². The fourth-order valence-electron chi connectivity index (χ4n) is 3.22. The van der Waals surface area contributed by atoms with Gasteiger partial charge in [-0.05, 0) is 11.6 Å². The van der Waals surface area contributed by atoms with Gasteiger partial charge in [0.1, 0.15) is 6.67 Å². The van der Waals surface area contributed by atoms with Crippen molar-refractivity contribution < 1.29 is 23.8 Å². The van der Waals surface area contributed by atoms with Crippen molar-refractivity contribution in [2.75, 3.05) is 19.5 Å². The van der Waals surface area contributed by atoms with Gasteiger partial charge >= 0.3 is 11.9 Å². The van der Waals surface area contributed by atoms with E-state index in [0.29, 0.717) is 5.56 Å². The van der Waals surface area contributed by atoms with E-state index in [4.69, 9.17) is 16.3 Å². The molecule has 162 valence electrons. The third-order valence-electron chi connectivity index (χ3n) is 4.52. The van der Waals surface area contributed by atoms with Crippen LogP contribution in [0.5, 0.6) is 0 Å². The summed E-state index contributed by atoms with van der Waals surface area (Å²) in [6.07, 6.45) is 1.32. The van der Waals surface area contributed by atoms with E-state index in [0.717, 1.165) is 18.9 Å². The third kappa shape index (κ3) is 4.80. The number of benzene rings is 1. The Hall–Kier alpha value is -3.11. The number of alkyl halides is 1. The molecule has 1 aliphatic rings. The standard InChI is InChI=1S/C20H17ClFN3O5S/c1-30-19(29)17-12(8-22)24-13(9-31-20-23-7-6-14(26)25-20)16(18(27)28)15(17)10-4-2-3-5-11(10)21/h2-7,15,24H,8-9H2,1H3,(H,27,28)(H,23,25,26). The number of halogens is 2. The summed E-state index contributed by atoms with van der Waals surface area (Å²) in [6, 6.07) is 7.66. The maximum Gasteiger partial charge on any atom is 0.336 e. The molecule has 0 amide bonds. The highest BCUT2D eigenvalue weighted by atomic mass is 35.5. The highest BCUT2D eigenvalue weighted by molar-refractivity contribution is 7.99. The number of carbonyl (C=O) groups is 2. The number of carboxylic acids is 1. The normalized spacial score (nSPS) is 16.2. The SMILES string of the molecule is COC(=O)C1=C(CF)NC(CSc2nccc(=O)[nH]2)=C(C(=O)O)C1c1ccccc1Cl. The smallest absolute Gasteiger partial charge is 0.336 e. The van der Waals surface area contributed by atoms with Gasteiger partial charge in [0.25, 0.3) is 5.56 Å². The second-order valence-corrected chi connectivity index (χ2v) is 7.69. The molecular weight excluding hydrogens is 449 g/mol. The van der Waals surface area contributed by atoms with Crippen LogP contribution in [0.1, 0.15) is 11.5 Å². The van der Waals surface area contributed by atoms with Crippen molar-refractivity contribution in [2.24, 2.45) is 0 Å². The molecule has 0 fully saturated rings. The molecular formula is C20H17ClFN3O5S. The van der Waals surface area contributed by atoms with E-state index < -0.39 is 24.5 Å². The summed E-state index contributed by atoms with van der Waals surface area (Å²) in [5.74, 6) is -3.34. The molecule has 0 saturated carbocycles. The molecule has 3 N–H and O–H groups in total. The van der Waals surface area contributed by atoms with Gasteiger partial charge in [0.2, 0.25) is 0 Å². The molecule has 8 nitrogen and oxygen atoms in total. The van der Waals surface area contributed by atoms with E-state index in [1.54, 1.807) is 24.3 Å². The zero-order valence-electron chi connectivity index (χ0n) is 16.1. The summed E-state index contributed by atoms with van der Waals surface area (Å²) in [6.45, 7) is -1.06. The molecule has 2 heterocycles. The average Bonchev–Trinajstić information content (AvgIpc) is 2.76. The average molecular weight is 466 g/mol. The molecule has 1 aromatic heterocycles. The Labute approximate surface area is 185 Å². The van der Waals surface area contributed by atoms with Crippen molar-refractivity contribution in [2.45, 2.75) is 11.1 Å². The van der Waals surface area contributed by atoms with Crippen LogP contribution in [0.15, 0.2) is 69.0 Å². The van der Waals surface area contributed by atoms with Crippen molar-refractivity contribution in [1.82, 2.24) is 15.3 Å². The quantitative estimate of drug-likeness (QED) is 0.324. The topological polar surface area (TPSA) is 121 Å². The van der Waals surface area contributed by atoms with Crippen molar-refractivity contribution in [3.8, 4) is 0 Å². The highest BCUT2D eigenvalue weighted by Gasteiger charge is 2.39. The van der Waals surface area contributed by atoms with Crippen molar-refractivity contribution in [3.63, 3.8) is 0 Å². The summed E-state index contributed by atoms with van der Waals surface area (Å²) in [4.78, 5) is 42.8. The Morgan fingerprint density at radius 1 is 1.26 bits per heavy atom. The van der Waals surface area contributed by atoms with Gasteiger partial charge in [0.15, 0.2) is 5.16 Å². The first-order chi connectivity index (χ1) is 14.9. The lowest BCUT2D eigenvalue weighted by Gasteiger charge is -2.31. The Balaban J connectivity index is 2.15. The number of nitrogens with one attached hydrogen (secondary N) is 2. The van der Waals surface area contributed by atoms with Crippen LogP contribution < -0.4 is 10.9 Å². The first-order valence-corrected chi connectivity index (χ1v) is 10.3. The van der Waals surface area contributed by atoms with Crippen molar-refractivity contribution in [3.05, 3.63) is 80.0 Å². The number of hydrogen-bond donors (Lipinski definition) is 3. The van der Waals surface area contributed by atoms with E-state index >= 15 is 0 Å². The molecule has 31 heavy (non-hydrogen) atoms. The molecule has 2 aromatic rings. The summed E-state index contributed by atoms with van der Waals surface area (Å²) in [5.41, 5.74) is -0.371. The molecule has 0 bridgehead atoms. The summed E-state index contributed by atoms with van der Waals surface area (Å²) >= 11 is 7.36. The molecule has 1 unspecified atom stereocenters. The van der Waals surface area contributed by atoms with E-state index in [1.165, 1.54) is 12.3 Å². The van der Waals surface area contributed by atoms with E-state index in [9.17, 15) is 23.9 Å². The number of hydrogen-bond acceptors (Lipinski definition) is 7. The number of aromatic nitrogens is 2. The minimum absolute atomic E-state index is 0.00743. The molecule has 11 heteroatoms. The molecule has 1 aliphatic heterocycles. The number of dihydropyridines is 1. The molecule has 3 rings (SSSR count). The predicted octanol–water partition coefficient (Wildman–Crippen LogP) is 2.64. The number of aromatic amines is 1. The van der Waals surface area contributed by atoms with Crippen molar-refractivity contribution >= 4 is 35.3 Å². The number of nitrogens with zero attached hydrogens (tertiary/aromatic N) is 1. The molecule has 1 atom stereocenters. The lowest BCUT2D eigenvalue weighted by molar-refractivity contribution is -0.136. The van der Waals surface area contributed by atoms with E-state index in [2.05, 4.69) is 15.3 Å². The zero-order chi connectivity index (χ0) is 22.5. The van der Waals surface area contributed by atoms with Gasteiger partial charge in [-0.1, -0.05) is 41.6 Å². The summed E-state index contributed by atoms with van der Waals surface area (Å²) in [5, 5.41) is 13.2. The van der Waals surface area contributed by atoms with Gasteiger partial charge in [0, 0.05) is 28.7 Å². The fraction of sp³-hybridized carbons (Fsp3) is 0.200. The lowest BCUT2D eigenvalue weighted by Crippen LogP contribution is -2.35. The minimum atomic E-state index is -1.32. The first kappa shape index (κ1) is 22.6. The van der Waals surface area contributed by atoms with Gasteiger partial charge in [-0.2, -0.15) is 0 Å². The Kier molecular flexibility index (Phi) is 7.13. The monoisotopic (exact) mass is 465 g/mol. The van der Waals surface area contributed by atoms with Crippen molar-refractivity contribution in [1.29, 1.82) is 0 Å². The Morgan fingerprint density at radius 2 is 2.00 bits per heavy atom. The number of esters is 1. The molecule has 1 aromatic carbocycles. The number of carbonyl (C=O) groups excluding carboxylic acids is 1. The van der Waals surface area contributed by atoms with Crippen LogP contribution in [0.3, 0.4) is 0 Å². The largest absolute Gasteiger partial charge is 0.478 e. The number of thioether (sulfide) groups is 1. The van der Waals surface area contributed by atoms with E-state index in [-0.39, 0.29) is 44.0 Å². The maximum absolute atomic E-state index is 13.9. The van der Waals surface area contributed by atoms with Crippen LogP contribution in [0.25, 0.3) is 0 Å². The minimum Gasteiger partial charge on any atom is -0.478 e. The number of H-pyrrole nitrogens is 1. The van der Waals surface area contributed by atoms with Crippen LogP contribution in [-0.2, 0) is 14.3 Å². The Bertz CT molecular complexity index is 1150. The third-order valence-corrected chi connectivity index (χ3v) is 5.77. The second kappa shape index (κ2) is 9.80.